The van der Waals surface area contributed by atoms with Crippen molar-refractivity contribution in [3.8, 4) is 0 Å². The third-order valence-corrected chi connectivity index (χ3v) is 6.74. The van der Waals surface area contributed by atoms with Crippen molar-refractivity contribution in [2.24, 2.45) is 16.6 Å². The molecule has 2 fully saturated rings. The number of amides is 1. The number of nitrogens with one attached hydrogen (secondary N) is 1. The zero-order valence-electron chi connectivity index (χ0n) is 18.1. The van der Waals surface area contributed by atoms with Gasteiger partial charge in [0.1, 0.15) is 0 Å². The number of piperidine rings is 1. The number of likely N-dealkylation sites (tertiary alicyclic amines) is 1. The lowest BCUT2D eigenvalue weighted by Gasteiger charge is -2.36. The first-order valence-corrected chi connectivity index (χ1v) is 11.6. The normalized spacial score (nSPS) is 21.7. The van der Waals surface area contributed by atoms with Gasteiger partial charge in [-0.25, -0.2) is 0 Å². The first kappa shape index (κ1) is 25.4. The highest BCUT2D eigenvalue weighted by Gasteiger charge is 2.26. The Hall–Kier alpha value is -0.910. The van der Waals surface area contributed by atoms with Crippen molar-refractivity contribution in [3.63, 3.8) is 0 Å². The smallest absolute Gasteiger partial charge is 0.217 e. The van der Waals surface area contributed by atoms with Gasteiger partial charge >= 0.3 is 0 Å². The second-order valence-electron chi connectivity index (χ2n) is 7.93. The van der Waals surface area contributed by atoms with E-state index in [-0.39, 0.29) is 35.9 Å². The number of rotatable bonds is 7. The van der Waals surface area contributed by atoms with Crippen LogP contribution in [0.25, 0.3) is 0 Å². The summed E-state index contributed by atoms with van der Waals surface area (Å²) in [6, 6.07) is 4.71. The summed E-state index contributed by atoms with van der Waals surface area (Å²) in [6.07, 6.45) is 2.59. The molecule has 170 valence electrons. The molecule has 30 heavy (non-hydrogen) atoms. The van der Waals surface area contributed by atoms with E-state index in [1.54, 1.807) is 0 Å². The first-order valence-electron chi connectivity index (χ1n) is 10.8. The standard InChI is InChI=1S/C21H35N5O2S.HI/c1-3-23-21(26-8-4-5-17(15-26)13-20(22)27)24-14-18(19-7-6-16(2)29-19)25-9-11-28-12-10-25;/h6-7,17-18H,3-5,8-15H2,1-2H3,(H2,22,27)(H,23,24);1H. The number of nitrogens with two attached hydrogens (primary N) is 1. The minimum Gasteiger partial charge on any atom is -0.379 e. The van der Waals surface area contributed by atoms with Crippen LogP contribution < -0.4 is 11.1 Å². The molecular formula is C21H36IN5O2S. The van der Waals surface area contributed by atoms with E-state index in [0.29, 0.717) is 12.3 Å². The van der Waals surface area contributed by atoms with Crippen LogP contribution in [-0.2, 0) is 9.53 Å². The SMILES string of the molecule is CCNC(=NCC(c1ccc(C)s1)N1CCOCC1)N1CCCC(CC(N)=O)C1.I. The van der Waals surface area contributed by atoms with Gasteiger partial charge in [-0.05, 0) is 44.7 Å². The predicted octanol–water partition coefficient (Wildman–Crippen LogP) is 2.60. The lowest BCUT2D eigenvalue weighted by Crippen LogP contribution is -2.47. The number of carbonyl (C=O) groups excluding carboxylic acids is 1. The van der Waals surface area contributed by atoms with E-state index < -0.39 is 0 Å². The van der Waals surface area contributed by atoms with Gasteiger partial charge in [0.15, 0.2) is 5.96 Å². The number of guanidine groups is 1. The monoisotopic (exact) mass is 549 g/mol. The van der Waals surface area contributed by atoms with Crippen molar-refractivity contribution >= 4 is 47.2 Å². The minimum atomic E-state index is -0.209. The van der Waals surface area contributed by atoms with Crippen molar-refractivity contribution in [3.05, 3.63) is 21.9 Å². The fourth-order valence-corrected chi connectivity index (χ4v) is 5.22. The lowest BCUT2D eigenvalue weighted by molar-refractivity contribution is -0.119. The van der Waals surface area contributed by atoms with Crippen molar-refractivity contribution in [2.75, 3.05) is 52.5 Å². The fourth-order valence-electron chi connectivity index (χ4n) is 4.21. The van der Waals surface area contributed by atoms with Crippen LogP contribution in [-0.4, -0.2) is 74.1 Å². The van der Waals surface area contributed by atoms with E-state index in [4.69, 9.17) is 15.5 Å². The molecule has 9 heteroatoms. The minimum absolute atomic E-state index is 0. The number of nitrogens with zero attached hydrogens (tertiary/aromatic N) is 3. The third-order valence-electron chi connectivity index (χ3n) is 5.63. The van der Waals surface area contributed by atoms with Crippen molar-refractivity contribution in [1.29, 1.82) is 0 Å². The molecule has 0 bridgehead atoms. The molecule has 2 saturated heterocycles. The number of aryl methyl sites for hydroxylation is 1. The van der Waals surface area contributed by atoms with Gasteiger partial charge in [0.2, 0.25) is 5.91 Å². The maximum Gasteiger partial charge on any atom is 0.217 e. The van der Waals surface area contributed by atoms with E-state index in [2.05, 4.69) is 41.1 Å². The second-order valence-corrected chi connectivity index (χ2v) is 9.25. The number of morpholine rings is 1. The van der Waals surface area contributed by atoms with Crippen LogP contribution in [0.3, 0.4) is 0 Å². The lowest BCUT2D eigenvalue weighted by atomic mass is 9.95. The van der Waals surface area contributed by atoms with E-state index in [1.807, 2.05) is 11.3 Å². The van der Waals surface area contributed by atoms with Crippen molar-refractivity contribution in [1.82, 2.24) is 15.1 Å². The van der Waals surface area contributed by atoms with Gasteiger partial charge in [0.25, 0.3) is 0 Å². The summed E-state index contributed by atoms with van der Waals surface area (Å²) in [5, 5.41) is 3.46. The van der Waals surface area contributed by atoms with Gasteiger partial charge in [-0.15, -0.1) is 35.3 Å². The van der Waals surface area contributed by atoms with Gasteiger partial charge in [0, 0.05) is 48.9 Å². The molecular weight excluding hydrogens is 513 g/mol. The molecule has 2 atom stereocenters. The second kappa shape index (κ2) is 12.8. The van der Waals surface area contributed by atoms with Crippen molar-refractivity contribution < 1.29 is 9.53 Å². The number of hydrogen-bond donors (Lipinski definition) is 2. The molecule has 0 aromatic carbocycles. The Morgan fingerprint density at radius 3 is 2.77 bits per heavy atom. The van der Waals surface area contributed by atoms with Gasteiger partial charge in [-0.3, -0.25) is 14.7 Å². The van der Waals surface area contributed by atoms with Crippen LogP contribution >= 0.6 is 35.3 Å². The molecule has 3 rings (SSSR count). The fraction of sp³-hybridized carbons (Fsp3) is 0.714. The summed E-state index contributed by atoms with van der Waals surface area (Å²) < 4.78 is 5.56. The Labute approximate surface area is 201 Å². The molecule has 7 nitrogen and oxygen atoms in total. The Morgan fingerprint density at radius 2 is 2.13 bits per heavy atom. The van der Waals surface area contributed by atoms with E-state index in [1.165, 1.54) is 9.75 Å². The van der Waals surface area contributed by atoms with E-state index >= 15 is 0 Å². The van der Waals surface area contributed by atoms with Crippen LogP contribution in [0.2, 0.25) is 0 Å². The molecule has 0 aliphatic carbocycles. The quantitative estimate of drug-likeness (QED) is 0.311. The number of ether oxygens (including phenoxy) is 1. The molecule has 2 aliphatic rings. The topological polar surface area (TPSA) is 83.2 Å². The zero-order valence-corrected chi connectivity index (χ0v) is 21.3. The van der Waals surface area contributed by atoms with Crippen LogP contribution in [0.15, 0.2) is 17.1 Å². The molecule has 3 heterocycles. The largest absolute Gasteiger partial charge is 0.379 e. The van der Waals surface area contributed by atoms with Gasteiger partial charge < -0.3 is 20.7 Å². The van der Waals surface area contributed by atoms with Crippen LogP contribution in [0.5, 0.6) is 0 Å². The Balaban J connectivity index is 0.00000320. The van der Waals surface area contributed by atoms with Crippen LogP contribution in [0.1, 0.15) is 42.0 Å². The first-order chi connectivity index (χ1) is 14.1. The van der Waals surface area contributed by atoms with E-state index in [0.717, 1.165) is 71.3 Å². The Morgan fingerprint density at radius 1 is 1.37 bits per heavy atom. The summed E-state index contributed by atoms with van der Waals surface area (Å²) in [5.41, 5.74) is 5.43. The highest BCUT2D eigenvalue weighted by Crippen LogP contribution is 2.29. The molecule has 0 saturated carbocycles. The van der Waals surface area contributed by atoms with Gasteiger partial charge in [-0.1, -0.05) is 0 Å². The van der Waals surface area contributed by atoms with E-state index in [9.17, 15) is 4.79 Å². The number of halogens is 1. The molecule has 0 spiro atoms. The number of hydrogen-bond acceptors (Lipinski definition) is 5. The summed E-state index contributed by atoms with van der Waals surface area (Å²) in [4.78, 5) is 23.9. The summed E-state index contributed by atoms with van der Waals surface area (Å²) in [7, 11) is 0. The number of primary amides is 1. The molecule has 2 aliphatic heterocycles. The molecule has 3 N–H and O–H groups in total. The highest BCUT2D eigenvalue weighted by molar-refractivity contribution is 14.0. The summed E-state index contributed by atoms with van der Waals surface area (Å²) >= 11 is 1.86. The Bertz CT molecular complexity index is 693. The predicted molar refractivity (Wildman–Crippen MR) is 134 cm³/mol. The summed E-state index contributed by atoms with van der Waals surface area (Å²) in [5.74, 6) is 1.06. The molecule has 1 amide bonds. The van der Waals surface area contributed by atoms with Gasteiger partial charge in [-0.2, -0.15) is 0 Å². The molecule has 0 radical (unpaired) electrons. The maximum absolute atomic E-state index is 11.4. The Kier molecular flexibility index (Phi) is 10.8. The molecule has 1 aromatic rings. The highest BCUT2D eigenvalue weighted by atomic mass is 127. The van der Waals surface area contributed by atoms with Crippen LogP contribution in [0.4, 0.5) is 0 Å². The third kappa shape index (κ3) is 7.35. The number of thiophene rings is 1. The van der Waals surface area contributed by atoms with Crippen LogP contribution in [0, 0.1) is 12.8 Å². The molecule has 2 unspecified atom stereocenters. The summed E-state index contributed by atoms with van der Waals surface area (Å²) in [6.45, 7) is 11.1. The molecule has 1 aromatic heterocycles. The average molecular weight is 550 g/mol. The van der Waals surface area contributed by atoms with Gasteiger partial charge in [0.05, 0.1) is 25.8 Å². The van der Waals surface area contributed by atoms with Crippen molar-refractivity contribution in [2.45, 2.75) is 39.2 Å². The number of aliphatic imine (C=N–C) groups is 1. The zero-order chi connectivity index (χ0) is 20.6. The number of carbonyl (C=O) groups is 1. The maximum atomic E-state index is 11.4. The average Bonchev–Trinajstić information content (AvgIpc) is 3.14.